The van der Waals surface area contributed by atoms with Gasteiger partial charge >= 0.3 is 0 Å². The summed E-state index contributed by atoms with van der Waals surface area (Å²) in [5.41, 5.74) is 0.890. The van der Waals surface area contributed by atoms with Crippen LogP contribution in [0.3, 0.4) is 0 Å². The average molecular weight is 276 g/mol. The molecule has 2 heterocycles. The number of carbonyl (C=O) groups excluding carboxylic acids is 2. The van der Waals surface area contributed by atoms with Gasteiger partial charge in [-0.1, -0.05) is 6.07 Å². The first-order chi connectivity index (χ1) is 9.63. The number of aliphatic carboxylic acids is 1. The molecule has 0 N–H and O–H groups in total. The van der Waals surface area contributed by atoms with E-state index < -0.39 is 11.9 Å². The lowest BCUT2D eigenvalue weighted by Gasteiger charge is -2.21. The molecule has 1 fully saturated rings. The number of carbonyl (C=O) groups is 2. The van der Waals surface area contributed by atoms with Gasteiger partial charge in [-0.05, 0) is 17.7 Å². The molecule has 0 radical (unpaired) electrons. The van der Waals surface area contributed by atoms with Crippen molar-refractivity contribution in [2.24, 2.45) is 5.92 Å². The van der Waals surface area contributed by atoms with Crippen LogP contribution in [0.2, 0.25) is 0 Å². The third-order valence-corrected chi connectivity index (χ3v) is 3.53. The average Bonchev–Trinajstić information content (AvgIpc) is 2.80. The molecule has 1 aromatic rings. The van der Waals surface area contributed by atoms with Gasteiger partial charge in [0.1, 0.15) is 13.2 Å². The van der Waals surface area contributed by atoms with Gasteiger partial charge in [-0.3, -0.25) is 4.79 Å². The number of benzene rings is 1. The topological polar surface area (TPSA) is 78.9 Å². The molecular weight excluding hydrogens is 262 g/mol. The van der Waals surface area contributed by atoms with Gasteiger partial charge in [-0.2, -0.15) is 0 Å². The number of carboxylic acids is 1. The van der Waals surface area contributed by atoms with E-state index in [4.69, 9.17) is 9.47 Å². The first kappa shape index (κ1) is 12.8. The number of likely N-dealkylation sites (tertiary alicyclic amines) is 1. The molecular formula is C14H14NO5-. The number of fused-ring (bicyclic) bond motifs is 1. The predicted molar refractivity (Wildman–Crippen MR) is 66.0 cm³/mol. The maximum atomic E-state index is 11.8. The third-order valence-electron chi connectivity index (χ3n) is 3.53. The van der Waals surface area contributed by atoms with Crippen molar-refractivity contribution in [3.63, 3.8) is 0 Å². The summed E-state index contributed by atoms with van der Waals surface area (Å²) in [6.07, 6.45) is 0.0207. The second kappa shape index (κ2) is 5.03. The summed E-state index contributed by atoms with van der Waals surface area (Å²) >= 11 is 0. The van der Waals surface area contributed by atoms with Crippen molar-refractivity contribution in [1.82, 2.24) is 4.90 Å². The van der Waals surface area contributed by atoms with E-state index in [2.05, 4.69) is 0 Å². The van der Waals surface area contributed by atoms with Crippen LogP contribution in [0, 0.1) is 5.92 Å². The predicted octanol–water partition coefficient (Wildman–Crippen LogP) is -0.444. The van der Waals surface area contributed by atoms with E-state index in [9.17, 15) is 14.7 Å². The lowest BCUT2D eigenvalue weighted by molar-refractivity contribution is -0.311. The number of ether oxygens (including phenoxy) is 2. The normalized spacial score (nSPS) is 21.1. The number of rotatable bonds is 3. The Labute approximate surface area is 115 Å². The molecule has 6 heteroatoms. The zero-order chi connectivity index (χ0) is 14.1. The smallest absolute Gasteiger partial charge is 0.223 e. The molecule has 2 aliphatic heterocycles. The van der Waals surface area contributed by atoms with Gasteiger partial charge in [0.15, 0.2) is 11.5 Å². The monoisotopic (exact) mass is 276 g/mol. The van der Waals surface area contributed by atoms with Gasteiger partial charge in [-0.25, -0.2) is 0 Å². The van der Waals surface area contributed by atoms with E-state index >= 15 is 0 Å². The van der Waals surface area contributed by atoms with E-state index in [1.54, 1.807) is 6.07 Å². The van der Waals surface area contributed by atoms with E-state index in [1.807, 2.05) is 12.1 Å². The second-order valence-electron chi connectivity index (χ2n) is 4.97. The van der Waals surface area contributed by atoms with Crippen molar-refractivity contribution in [2.45, 2.75) is 13.0 Å². The van der Waals surface area contributed by atoms with Gasteiger partial charge in [0, 0.05) is 31.4 Å². The van der Waals surface area contributed by atoms with Crippen molar-refractivity contribution in [3.05, 3.63) is 23.8 Å². The van der Waals surface area contributed by atoms with Crippen molar-refractivity contribution < 1.29 is 24.2 Å². The molecule has 0 aromatic heterocycles. The number of carboxylic acid groups (broad SMARTS) is 1. The van der Waals surface area contributed by atoms with Crippen LogP contribution in [-0.2, 0) is 16.1 Å². The third kappa shape index (κ3) is 2.41. The highest BCUT2D eigenvalue weighted by Crippen LogP contribution is 2.31. The minimum atomic E-state index is -1.16. The van der Waals surface area contributed by atoms with Gasteiger partial charge in [-0.15, -0.1) is 0 Å². The minimum absolute atomic E-state index is 0.0207. The van der Waals surface area contributed by atoms with E-state index in [0.717, 1.165) is 5.56 Å². The summed E-state index contributed by atoms with van der Waals surface area (Å²) in [5, 5.41) is 10.8. The molecule has 1 atom stereocenters. The van der Waals surface area contributed by atoms with Crippen LogP contribution in [0.1, 0.15) is 12.0 Å². The molecule has 1 amide bonds. The maximum absolute atomic E-state index is 11.8. The van der Waals surface area contributed by atoms with Crippen molar-refractivity contribution in [2.75, 3.05) is 19.8 Å². The molecule has 0 spiro atoms. The Morgan fingerprint density at radius 1 is 1.30 bits per heavy atom. The molecule has 3 rings (SSSR count). The number of nitrogens with zero attached hydrogens (tertiary/aromatic N) is 1. The lowest BCUT2D eigenvalue weighted by Crippen LogP contribution is -2.33. The molecule has 1 aromatic carbocycles. The molecule has 0 bridgehead atoms. The molecule has 106 valence electrons. The Hall–Kier alpha value is -2.24. The zero-order valence-electron chi connectivity index (χ0n) is 10.8. The summed E-state index contributed by atoms with van der Waals surface area (Å²) in [7, 11) is 0. The minimum Gasteiger partial charge on any atom is -0.550 e. The molecule has 20 heavy (non-hydrogen) atoms. The highest BCUT2D eigenvalue weighted by atomic mass is 16.6. The van der Waals surface area contributed by atoms with Gasteiger partial charge in [0.25, 0.3) is 0 Å². The van der Waals surface area contributed by atoms with Crippen LogP contribution in [0.25, 0.3) is 0 Å². The van der Waals surface area contributed by atoms with E-state index in [-0.39, 0.29) is 18.9 Å². The molecule has 6 nitrogen and oxygen atoms in total. The fourth-order valence-electron chi connectivity index (χ4n) is 2.49. The number of hydrogen-bond acceptors (Lipinski definition) is 5. The van der Waals surface area contributed by atoms with E-state index in [0.29, 0.717) is 31.3 Å². The summed E-state index contributed by atoms with van der Waals surface area (Å²) in [5.74, 6) is -0.672. The van der Waals surface area contributed by atoms with Crippen LogP contribution in [0.15, 0.2) is 18.2 Å². The van der Waals surface area contributed by atoms with Crippen LogP contribution in [0.5, 0.6) is 11.5 Å². The van der Waals surface area contributed by atoms with Crippen LogP contribution in [-0.4, -0.2) is 36.5 Å². The van der Waals surface area contributed by atoms with Gasteiger partial charge < -0.3 is 24.3 Å². The Balaban J connectivity index is 1.72. The van der Waals surface area contributed by atoms with E-state index in [1.165, 1.54) is 4.90 Å². The SMILES string of the molecule is O=C([O-])[C@H]1CC(=O)N(Cc2ccc3c(c2)OCCO3)C1. The summed E-state index contributed by atoms with van der Waals surface area (Å²) in [4.78, 5) is 24.1. The molecule has 2 aliphatic rings. The lowest BCUT2D eigenvalue weighted by atomic mass is 10.1. The maximum Gasteiger partial charge on any atom is 0.223 e. The summed E-state index contributed by atoms with van der Waals surface area (Å²) < 4.78 is 10.9. The Bertz CT molecular complexity index is 556. The Morgan fingerprint density at radius 3 is 2.75 bits per heavy atom. The van der Waals surface area contributed by atoms with Crippen LogP contribution in [0.4, 0.5) is 0 Å². The summed E-state index contributed by atoms with van der Waals surface area (Å²) in [6.45, 7) is 1.62. The first-order valence-electron chi connectivity index (χ1n) is 6.50. The van der Waals surface area contributed by atoms with Gasteiger partial charge in [0.2, 0.25) is 5.91 Å². The summed E-state index contributed by atoms with van der Waals surface area (Å²) in [6, 6.07) is 5.49. The number of hydrogen-bond donors (Lipinski definition) is 0. The largest absolute Gasteiger partial charge is 0.550 e. The van der Waals surface area contributed by atoms with Crippen LogP contribution >= 0.6 is 0 Å². The fraction of sp³-hybridized carbons (Fsp3) is 0.429. The second-order valence-corrected chi connectivity index (χ2v) is 4.97. The zero-order valence-corrected chi connectivity index (χ0v) is 10.8. The molecule has 0 aliphatic carbocycles. The van der Waals surface area contributed by atoms with Crippen molar-refractivity contribution in [3.8, 4) is 11.5 Å². The van der Waals surface area contributed by atoms with Gasteiger partial charge in [0.05, 0.1) is 0 Å². The fourth-order valence-corrected chi connectivity index (χ4v) is 2.49. The van der Waals surface area contributed by atoms with Crippen molar-refractivity contribution >= 4 is 11.9 Å². The molecule has 1 saturated heterocycles. The standard InChI is InChI=1S/C14H15NO5/c16-13-6-10(14(17)18)8-15(13)7-9-1-2-11-12(5-9)20-4-3-19-11/h1-2,5,10H,3-4,6-8H2,(H,17,18)/p-1/t10-/m0/s1. The molecule has 0 unspecified atom stereocenters. The Kier molecular flexibility index (Phi) is 3.22. The quantitative estimate of drug-likeness (QED) is 0.747. The molecule has 0 saturated carbocycles. The van der Waals surface area contributed by atoms with Crippen LogP contribution < -0.4 is 14.6 Å². The Morgan fingerprint density at radius 2 is 2.05 bits per heavy atom. The highest BCUT2D eigenvalue weighted by molar-refractivity contribution is 5.85. The number of amides is 1. The first-order valence-corrected chi connectivity index (χ1v) is 6.50. The van der Waals surface area contributed by atoms with Crippen molar-refractivity contribution in [1.29, 1.82) is 0 Å². The highest BCUT2D eigenvalue weighted by Gasteiger charge is 2.30.